The topological polar surface area (TPSA) is 77.8 Å². The van der Waals surface area contributed by atoms with Crippen molar-refractivity contribution < 1.29 is 14.3 Å². The van der Waals surface area contributed by atoms with Crippen LogP contribution in [-0.4, -0.2) is 43.9 Å². The van der Waals surface area contributed by atoms with Crippen LogP contribution in [0.3, 0.4) is 0 Å². The second-order valence-electron chi connectivity index (χ2n) is 6.45. The van der Waals surface area contributed by atoms with Crippen LogP contribution in [0.15, 0.2) is 42.5 Å². The highest BCUT2D eigenvalue weighted by Crippen LogP contribution is 2.32. The summed E-state index contributed by atoms with van der Waals surface area (Å²) in [6, 6.07) is 15.4. The molecule has 1 N–H and O–H groups in total. The van der Waals surface area contributed by atoms with E-state index < -0.39 is 0 Å². The summed E-state index contributed by atoms with van der Waals surface area (Å²) in [6.07, 6.45) is 0. The molecule has 2 amide bonds. The number of nitrogens with zero attached hydrogens (tertiary/aromatic N) is 3. The van der Waals surface area contributed by atoms with Crippen LogP contribution < -0.4 is 19.7 Å². The Morgan fingerprint density at radius 1 is 1.07 bits per heavy atom. The normalized spacial score (nSPS) is 15.4. The van der Waals surface area contributed by atoms with Gasteiger partial charge in [0.05, 0.1) is 11.3 Å². The summed E-state index contributed by atoms with van der Waals surface area (Å²) in [4.78, 5) is 16.4. The number of ether oxygens (including phenoxy) is 2. The quantitative estimate of drug-likeness (QED) is 0.904. The SMILES string of the molecule is N#Cc1ccccc1N1CCN(C(=O)NCc2ccc3c(c2)OCO3)CC1. The van der Waals surface area contributed by atoms with Gasteiger partial charge in [-0.05, 0) is 29.8 Å². The molecule has 0 bridgehead atoms. The largest absolute Gasteiger partial charge is 0.454 e. The van der Waals surface area contributed by atoms with E-state index in [0.717, 1.165) is 17.0 Å². The second kappa shape index (κ2) is 7.46. The molecule has 27 heavy (non-hydrogen) atoms. The van der Waals surface area contributed by atoms with E-state index >= 15 is 0 Å². The van der Waals surface area contributed by atoms with Crippen molar-refractivity contribution in [1.82, 2.24) is 10.2 Å². The number of carbonyl (C=O) groups excluding carboxylic acids is 1. The fourth-order valence-corrected chi connectivity index (χ4v) is 3.33. The molecular weight excluding hydrogens is 344 g/mol. The number of fused-ring (bicyclic) bond motifs is 1. The maximum atomic E-state index is 12.5. The van der Waals surface area contributed by atoms with Gasteiger partial charge in [-0.15, -0.1) is 0 Å². The van der Waals surface area contributed by atoms with Crippen LogP contribution in [0.25, 0.3) is 0 Å². The summed E-state index contributed by atoms with van der Waals surface area (Å²) in [5.74, 6) is 1.45. The van der Waals surface area contributed by atoms with Crippen molar-refractivity contribution in [2.45, 2.75) is 6.54 Å². The average Bonchev–Trinajstić information content (AvgIpc) is 3.20. The van der Waals surface area contributed by atoms with E-state index in [4.69, 9.17) is 9.47 Å². The third-order valence-corrected chi connectivity index (χ3v) is 4.81. The van der Waals surface area contributed by atoms with E-state index in [9.17, 15) is 10.1 Å². The van der Waals surface area contributed by atoms with Gasteiger partial charge in [-0.2, -0.15) is 5.26 Å². The van der Waals surface area contributed by atoms with E-state index in [1.165, 1.54) is 0 Å². The summed E-state index contributed by atoms with van der Waals surface area (Å²) in [6.45, 7) is 3.32. The molecule has 2 heterocycles. The summed E-state index contributed by atoms with van der Waals surface area (Å²) in [5, 5.41) is 12.2. The minimum Gasteiger partial charge on any atom is -0.454 e. The van der Waals surface area contributed by atoms with Gasteiger partial charge in [0.2, 0.25) is 6.79 Å². The minimum atomic E-state index is -0.0825. The van der Waals surface area contributed by atoms with Gasteiger partial charge in [0.15, 0.2) is 11.5 Å². The molecule has 0 aliphatic carbocycles. The number of rotatable bonds is 3. The van der Waals surface area contributed by atoms with Crippen LogP contribution in [0.2, 0.25) is 0 Å². The zero-order valence-corrected chi connectivity index (χ0v) is 14.9. The van der Waals surface area contributed by atoms with E-state index in [0.29, 0.717) is 44.0 Å². The predicted molar refractivity (Wildman–Crippen MR) is 99.7 cm³/mol. The highest BCUT2D eigenvalue weighted by atomic mass is 16.7. The number of benzene rings is 2. The van der Waals surface area contributed by atoms with Crippen molar-refractivity contribution in [1.29, 1.82) is 5.26 Å². The first kappa shape index (κ1) is 17.0. The van der Waals surface area contributed by atoms with Gasteiger partial charge >= 0.3 is 6.03 Å². The number of amides is 2. The predicted octanol–water partition coefficient (Wildman–Crippen LogP) is 2.32. The minimum absolute atomic E-state index is 0.0825. The molecule has 2 aliphatic rings. The maximum absolute atomic E-state index is 12.5. The molecule has 0 aromatic heterocycles. The van der Waals surface area contributed by atoms with E-state index in [-0.39, 0.29) is 12.8 Å². The van der Waals surface area contributed by atoms with Gasteiger partial charge in [-0.25, -0.2) is 4.79 Å². The van der Waals surface area contributed by atoms with Crippen LogP contribution in [-0.2, 0) is 6.54 Å². The molecule has 138 valence electrons. The highest BCUT2D eigenvalue weighted by molar-refractivity contribution is 5.74. The first-order valence-corrected chi connectivity index (χ1v) is 8.90. The number of piperazine rings is 1. The smallest absolute Gasteiger partial charge is 0.317 e. The molecule has 7 heteroatoms. The number of urea groups is 1. The van der Waals surface area contributed by atoms with Crippen molar-refractivity contribution in [2.24, 2.45) is 0 Å². The zero-order valence-electron chi connectivity index (χ0n) is 14.9. The van der Waals surface area contributed by atoms with Crippen molar-refractivity contribution in [3.05, 3.63) is 53.6 Å². The fraction of sp³-hybridized carbons (Fsp3) is 0.300. The molecule has 2 aromatic rings. The van der Waals surface area contributed by atoms with Gasteiger partial charge in [0, 0.05) is 32.7 Å². The number of carbonyl (C=O) groups is 1. The van der Waals surface area contributed by atoms with Crippen LogP contribution in [0, 0.1) is 11.3 Å². The Balaban J connectivity index is 1.30. The van der Waals surface area contributed by atoms with Crippen LogP contribution in [0.4, 0.5) is 10.5 Å². The molecule has 0 atom stereocenters. The molecule has 0 radical (unpaired) electrons. The highest BCUT2D eigenvalue weighted by Gasteiger charge is 2.22. The Labute approximate surface area is 157 Å². The van der Waals surface area contributed by atoms with Crippen molar-refractivity contribution in [3.63, 3.8) is 0 Å². The lowest BCUT2D eigenvalue weighted by Gasteiger charge is -2.36. The molecule has 0 saturated carbocycles. The molecular formula is C20H20N4O3. The number of nitrogens with one attached hydrogen (secondary N) is 1. The molecule has 0 spiro atoms. The Morgan fingerprint density at radius 2 is 1.85 bits per heavy atom. The van der Waals surface area contributed by atoms with Gasteiger partial charge in [-0.1, -0.05) is 18.2 Å². The number of nitriles is 1. The summed E-state index contributed by atoms with van der Waals surface area (Å²) >= 11 is 0. The summed E-state index contributed by atoms with van der Waals surface area (Å²) < 4.78 is 10.7. The lowest BCUT2D eigenvalue weighted by molar-refractivity contribution is 0.174. The average molecular weight is 364 g/mol. The van der Waals surface area contributed by atoms with Crippen molar-refractivity contribution >= 4 is 11.7 Å². The molecule has 0 unspecified atom stereocenters. The molecule has 2 aliphatic heterocycles. The monoisotopic (exact) mass is 364 g/mol. The van der Waals surface area contributed by atoms with E-state index in [2.05, 4.69) is 16.3 Å². The lowest BCUT2D eigenvalue weighted by atomic mass is 10.1. The van der Waals surface area contributed by atoms with E-state index in [1.807, 2.05) is 42.5 Å². The first-order valence-electron chi connectivity index (χ1n) is 8.90. The van der Waals surface area contributed by atoms with Crippen molar-refractivity contribution in [2.75, 3.05) is 37.9 Å². The Hall–Kier alpha value is -3.40. The lowest BCUT2D eigenvalue weighted by Crippen LogP contribution is -2.51. The molecule has 4 rings (SSSR count). The number of hydrogen-bond acceptors (Lipinski definition) is 5. The second-order valence-corrected chi connectivity index (χ2v) is 6.45. The Morgan fingerprint density at radius 3 is 2.67 bits per heavy atom. The standard InChI is InChI=1S/C20H20N4O3/c21-12-16-3-1-2-4-17(16)23-7-9-24(10-8-23)20(25)22-13-15-5-6-18-19(11-15)27-14-26-18/h1-6,11H,7-10,13-14H2,(H,22,25). The number of anilines is 1. The number of para-hydroxylation sites is 1. The van der Waals surface area contributed by atoms with E-state index in [1.54, 1.807) is 4.90 Å². The van der Waals surface area contributed by atoms with Gasteiger partial charge in [0.1, 0.15) is 6.07 Å². The third kappa shape index (κ3) is 3.60. The third-order valence-electron chi connectivity index (χ3n) is 4.81. The van der Waals surface area contributed by atoms with Gasteiger partial charge in [-0.3, -0.25) is 0 Å². The zero-order chi connectivity index (χ0) is 18.6. The molecule has 1 fully saturated rings. The summed E-state index contributed by atoms with van der Waals surface area (Å²) in [5.41, 5.74) is 2.56. The van der Waals surface area contributed by atoms with Gasteiger partial charge < -0.3 is 24.6 Å². The fourth-order valence-electron chi connectivity index (χ4n) is 3.33. The summed E-state index contributed by atoms with van der Waals surface area (Å²) in [7, 11) is 0. The molecule has 1 saturated heterocycles. The van der Waals surface area contributed by atoms with Crippen LogP contribution in [0.5, 0.6) is 11.5 Å². The van der Waals surface area contributed by atoms with Crippen LogP contribution in [0.1, 0.15) is 11.1 Å². The maximum Gasteiger partial charge on any atom is 0.317 e. The first-order chi connectivity index (χ1) is 13.2. The Bertz CT molecular complexity index is 885. The van der Waals surface area contributed by atoms with Crippen LogP contribution >= 0.6 is 0 Å². The van der Waals surface area contributed by atoms with Gasteiger partial charge in [0.25, 0.3) is 0 Å². The molecule has 2 aromatic carbocycles. The Kier molecular flexibility index (Phi) is 4.71. The van der Waals surface area contributed by atoms with Crippen molar-refractivity contribution in [3.8, 4) is 17.6 Å². The number of hydrogen-bond donors (Lipinski definition) is 1. The molecule has 7 nitrogen and oxygen atoms in total.